The van der Waals surface area contributed by atoms with Crippen LogP contribution in [0.25, 0.3) is 10.9 Å². The molecule has 6 nitrogen and oxygen atoms in total. The summed E-state index contributed by atoms with van der Waals surface area (Å²) in [4.78, 5) is 24.8. The van der Waals surface area contributed by atoms with Gasteiger partial charge in [0.1, 0.15) is 0 Å². The van der Waals surface area contributed by atoms with Crippen LogP contribution in [0, 0.1) is 0 Å². The SMILES string of the molecule is CC(C)N(CCC(=O)O)C(=O)Cc1nn(C)c2ccccc12. The number of hydrogen-bond acceptors (Lipinski definition) is 3. The van der Waals surface area contributed by atoms with Gasteiger partial charge in [-0.25, -0.2) is 0 Å². The molecule has 0 aliphatic carbocycles. The van der Waals surface area contributed by atoms with Gasteiger partial charge in [0.05, 0.1) is 24.1 Å². The maximum atomic E-state index is 12.5. The lowest BCUT2D eigenvalue weighted by Gasteiger charge is -2.26. The number of carbonyl (C=O) groups is 2. The van der Waals surface area contributed by atoms with Crippen LogP contribution in [0.1, 0.15) is 26.0 Å². The van der Waals surface area contributed by atoms with Crippen LogP contribution in [0.3, 0.4) is 0 Å². The Hall–Kier alpha value is -2.37. The number of carbonyl (C=O) groups excluding carboxylic acids is 1. The van der Waals surface area contributed by atoms with Gasteiger partial charge in [-0.2, -0.15) is 5.10 Å². The zero-order valence-corrected chi connectivity index (χ0v) is 13.1. The van der Waals surface area contributed by atoms with Gasteiger partial charge in [-0.05, 0) is 19.9 Å². The summed E-state index contributed by atoms with van der Waals surface area (Å²) < 4.78 is 1.76. The third kappa shape index (κ3) is 3.44. The van der Waals surface area contributed by atoms with E-state index in [2.05, 4.69) is 5.10 Å². The molecule has 0 fully saturated rings. The number of nitrogens with zero attached hydrogens (tertiary/aromatic N) is 3. The highest BCUT2D eigenvalue weighted by Crippen LogP contribution is 2.18. The van der Waals surface area contributed by atoms with E-state index in [4.69, 9.17) is 5.11 Å². The Balaban J connectivity index is 2.19. The molecular formula is C16H21N3O3. The van der Waals surface area contributed by atoms with Gasteiger partial charge >= 0.3 is 5.97 Å². The van der Waals surface area contributed by atoms with E-state index in [0.717, 1.165) is 16.6 Å². The number of hydrogen-bond donors (Lipinski definition) is 1. The maximum absolute atomic E-state index is 12.5. The molecule has 118 valence electrons. The van der Waals surface area contributed by atoms with E-state index in [0.29, 0.717) is 0 Å². The Morgan fingerprint density at radius 2 is 2.00 bits per heavy atom. The predicted octanol–water partition coefficient (Wildman–Crippen LogP) is 1.83. The molecule has 6 heteroatoms. The molecule has 2 rings (SSSR count). The van der Waals surface area contributed by atoms with Crippen molar-refractivity contribution in [3.63, 3.8) is 0 Å². The molecule has 0 spiro atoms. The molecule has 0 aliphatic heterocycles. The Labute approximate surface area is 129 Å². The van der Waals surface area contributed by atoms with Gasteiger partial charge in [0.15, 0.2) is 0 Å². The van der Waals surface area contributed by atoms with E-state index in [-0.39, 0.29) is 31.3 Å². The fourth-order valence-corrected chi connectivity index (χ4v) is 2.55. The first-order valence-electron chi connectivity index (χ1n) is 7.32. The Kier molecular flexibility index (Phi) is 4.80. The predicted molar refractivity (Wildman–Crippen MR) is 83.5 cm³/mol. The number of aromatic nitrogens is 2. The maximum Gasteiger partial charge on any atom is 0.305 e. The van der Waals surface area contributed by atoms with Gasteiger partial charge in [0.25, 0.3) is 0 Å². The molecule has 0 atom stereocenters. The van der Waals surface area contributed by atoms with Crippen LogP contribution in [0.5, 0.6) is 0 Å². The molecule has 0 unspecified atom stereocenters. The van der Waals surface area contributed by atoms with Crippen molar-refractivity contribution in [1.29, 1.82) is 0 Å². The minimum atomic E-state index is -0.901. The van der Waals surface area contributed by atoms with Crippen molar-refractivity contribution in [2.24, 2.45) is 7.05 Å². The van der Waals surface area contributed by atoms with Gasteiger partial charge < -0.3 is 10.0 Å². The summed E-state index contributed by atoms with van der Waals surface area (Å²) in [6, 6.07) is 7.72. The molecule has 0 aliphatic rings. The molecule has 1 aromatic carbocycles. The number of aliphatic carboxylic acids is 1. The lowest BCUT2D eigenvalue weighted by atomic mass is 10.1. The Morgan fingerprint density at radius 3 is 2.64 bits per heavy atom. The molecule has 2 aromatic rings. The summed E-state index contributed by atoms with van der Waals surface area (Å²) in [5.74, 6) is -0.998. The molecule has 0 saturated carbocycles. The van der Waals surface area contributed by atoms with Crippen molar-refractivity contribution >= 4 is 22.8 Å². The number of amides is 1. The average molecular weight is 303 g/mol. The zero-order chi connectivity index (χ0) is 16.3. The van der Waals surface area contributed by atoms with E-state index >= 15 is 0 Å². The molecule has 1 amide bonds. The molecule has 1 heterocycles. The smallest absolute Gasteiger partial charge is 0.305 e. The summed E-state index contributed by atoms with van der Waals surface area (Å²) in [6.07, 6.45) is 0.131. The summed E-state index contributed by atoms with van der Waals surface area (Å²) in [5.41, 5.74) is 1.70. The first-order valence-corrected chi connectivity index (χ1v) is 7.32. The van der Waals surface area contributed by atoms with E-state index < -0.39 is 5.97 Å². The minimum Gasteiger partial charge on any atom is -0.481 e. The van der Waals surface area contributed by atoms with Crippen molar-refractivity contribution in [3.8, 4) is 0 Å². The van der Waals surface area contributed by atoms with Crippen LogP contribution in [0.15, 0.2) is 24.3 Å². The molecule has 0 bridgehead atoms. The summed E-state index contributed by atoms with van der Waals surface area (Å²) in [5, 5.41) is 14.2. The summed E-state index contributed by atoms with van der Waals surface area (Å²) in [6.45, 7) is 3.99. The Morgan fingerprint density at radius 1 is 1.32 bits per heavy atom. The first kappa shape index (κ1) is 16.0. The lowest BCUT2D eigenvalue weighted by molar-refractivity contribution is -0.139. The highest BCUT2D eigenvalue weighted by atomic mass is 16.4. The van der Waals surface area contributed by atoms with E-state index in [1.54, 1.807) is 9.58 Å². The summed E-state index contributed by atoms with van der Waals surface area (Å²) in [7, 11) is 1.85. The lowest BCUT2D eigenvalue weighted by Crippen LogP contribution is -2.39. The topological polar surface area (TPSA) is 75.4 Å². The van der Waals surface area contributed by atoms with Gasteiger partial charge in [0.2, 0.25) is 5.91 Å². The minimum absolute atomic E-state index is 0.0400. The Bertz CT molecular complexity index is 691. The number of carboxylic acid groups (broad SMARTS) is 1. The van der Waals surface area contributed by atoms with Crippen molar-refractivity contribution < 1.29 is 14.7 Å². The molecule has 0 saturated heterocycles. The molecular weight excluding hydrogens is 282 g/mol. The number of carboxylic acids is 1. The number of para-hydroxylation sites is 1. The normalized spacial score (nSPS) is 11.1. The summed E-state index contributed by atoms with van der Waals surface area (Å²) >= 11 is 0. The van der Waals surface area contributed by atoms with Crippen LogP contribution < -0.4 is 0 Å². The number of rotatable bonds is 6. The standard InChI is InChI=1S/C16H21N3O3/c1-11(2)19(9-8-16(21)22)15(20)10-13-12-6-4-5-7-14(12)18(3)17-13/h4-7,11H,8-10H2,1-3H3,(H,21,22). The van der Waals surface area contributed by atoms with Crippen molar-refractivity contribution in [1.82, 2.24) is 14.7 Å². The monoisotopic (exact) mass is 303 g/mol. The van der Waals surface area contributed by atoms with Crippen LogP contribution in [-0.2, 0) is 23.1 Å². The third-order valence-corrected chi connectivity index (χ3v) is 3.66. The average Bonchev–Trinajstić information content (AvgIpc) is 2.75. The van der Waals surface area contributed by atoms with Gasteiger partial charge in [0, 0.05) is 25.0 Å². The van der Waals surface area contributed by atoms with Crippen molar-refractivity contribution in [3.05, 3.63) is 30.0 Å². The highest BCUT2D eigenvalue weighted by molar-refractivity contribution is 5.88. The van der Waals surface area contributed by atoms with E-state index in [1.807, 2.05) is 45.2 Å². The van der Waals surface area contributed by atoms with Crippen LogP contribution in [-0.4, -0.2) is 44.3 Å². The van der Waals surface area contributed by atoms with Gasteiger partial charge in [-0.15, -0.1) is 0 Å². The molecule has 1 aromatic heterocycles. The van der Waals surface area contributed by atoms with Crippen molar-refractivity contribution in [2.45, 2.75) is 32.7 Å². The number of fused-ring (bicyclic) bond motifs is 1. The molecule has 1 N–H and O–H groups in total. The molecule has 0 radical (unpaired) electrons. The quantitative estimate of drug-likeness (QED) is 0.883. The van der Waals surface area contributed by atoms with Crippen molar-refractivity contribution in [2.75, 3.05) is 6.54 Å². The van der Waals surface area contributed by atoms with E-state index in [9.17, 15) is 9.59 Å². The third-order valence-electron chi connectivity index (χ3n) is 3.66. The second-order valence-electron chi connectivity index (χ2n) is 5.59. The van der Waals surface area contributed by atoms with E-state index in [1.165, 1.54) is 0 Å². The van der Waals surface area contributed by atoms with Gasteiger partial charge in [-0.3, -0.25) is 14.3 Å². The fourth-order valence-electron chi connectivity index (χ4n) is 2.55. The van der Waals surface area contributed by atoms with Crippen LogP contribution in [0.2, 0.25) is 0 Å². The van der Waals surface area contributed by atoms with Crippen LogP contribution in [0.4, 0.5) is 0 Å². The zero-order valence-electron chi connectivity index (χ0n) is 13.1. The largest absolute Gasteiger partial charge is 0.481 e. The first-order chi connectivity index (χ1) is 10.4. The molecule has 22 heavy (non-hydrogen) atoms. The number of benzene rings is 1. The highest BCUT2D eigenvalue weighted by Gasteiger charge is 2.20. The second-order valence-corrected chi connectivity index (χ2v) is 5.59. The number of aryl methyl sites for hydroxylation is 1. The van der Waals surface area contributed by atoms with Crippen LogP contribution >= 0.6 is 0 Å². The second kappa shape index (κ2) is 6.60. The fraction of sp³-hybridized carbons (Fsp3) is 0.438. The van der Waals surface area contributed by atoms with Gasteiger partial charge in [-0.1, -0.05) is 18.2 Å².